The first-order valence-corrected chi connectivity index (χ1v) is 8.32. The second-order valence-electron chi connectivity index (χ2n) is 5.36. The Morgan fingerprint density at radius 2 is 2.09 bits per heavy atom. The van der Waals surface area contributed by atoms with Gasteiger partial charge in [-0.2, -0.15) is 0 Å². The van der Waals surface area contributed by atoms with Crippen molar-refractivity contribution in [2.24, 2.45) is 0 Å². The monoisotopic (exact) mass is 375 g/mol. The molecule has 4 nitrogen and oxygen atoms in total. The molecule has 1 atom stereocenters. The minimum Gasteiger partial charge on any atom is -0.493 e. The van der Waals surface area contributed by atoms with Gasteiger partial charge in [0.1, 0.15) is 0 Å². The highest BCUT2D eigenvalue weighted by atomic mass is 79.9. The van der Waals surface area contributed by atoms with Crippen molar-refractivity contribution in [3.8, 4) is 11.5 Å². The van der Waals surface area contributed by atoms with Crippen LogP contribution in [0.5, 0.6) is 11.5 Å². The molecule has 0 bridgehead atoms. The molecule has 2 aromatic rings. The van der Waals surface area contributed by atoms with Crippen molar-refractivity contribution >= 4 is 27.5 Å². The van der Waals surface area contributed by atoms with Crippen LogP contribution in [0.3, 0.4) is 0 Å². The van der Waals surface area contributed by atoms with Crippen LogP contribution in [0.4, 0.5) is 5.69 Å². The Labute approximate surface area is 143 Å². The van der Waals surface area contributed by atoms with Crippen molar-refractivity contribution in [1.29, 1.82) is 0 Å². The molecule has 3 rings (SSSR count). The molecule has 23 heavy (non-hydrogen) atoms. The van der Waals surface area contributed by atoms with Gasteiger partial charge in [-0.25, -0.2) is 0 Å². The molecule has 5 heteroatoms. The molecule has 0 saturated carbocycles. The summed E-state index contributed by atoms with van der Waals surface area (Å²) >= 11 is 3.48. The third kappa shape index (κ3) is 3.06. The summed E-state index contributed by atoms with van der Waals surface area (Å²) in [6, 6.07) is 11.6. The lowest BCUT2D eigenvalue weighted by Gasteiger charge is -2.16. The van der Waals surface area contributed by atoms with Crippen LogP contribution >= 0.6 is 15.9 Å². The van der Waals surface area contributed by atoms with E-state index < -0.39 is 0 Å². The van der Waals surface area contributed by atoms with Crippen LogP contribution in [0.15, 0.2) is 40.9 Å². The number of carbonyl (C=O) groups excluding carboxylic acids is 1. The van der Waals surface area contributed by atoms with E-state index >= 15 is 0 Å². The normalized spacial score (nSPS) is 16.0. The summed E-state index contributed by atoms with van der Waals surface area (Å²) in [5, 5.41) is 2.94. The highest BCUT2D eigenvalue weighted by molar-refractivity contribution is 9.10. The molecule has 0 spiro atoms. The maximum absolute atomic E-state index is 12.4. The topological polar surface area (TPSA) is 47.6 Å². The number of para-hydroxylation sites is 1. The predicted molar refractivity (Wildman–Crippen MR) is 93.4 cm³/mol. The molecule has 0 saturated heterocycles. The summed E-state index contributed by atoms with van der Waals surface area (Å²) < 4.78 is 12.1. The van der Waals surface area contributed by atoms with E-state index in [0.717, 1.165) is 21.3 Å². The summed E-state index contributed by atoms with van der Waals surface area (Å²) in [5.74, 6) is 1.20. The van der Waals surface area contributed by atoms with Crippen molar-refractivity contribution in [3.63, 3.8) is 0 Å². The van der Waals surface area contributed by atoms with Crippen LogP contribution in [0.1, 0.15) is 24.0 Å². The summed E-state index contributed by atoms with van der Waals surface area (Å²) in [6.07, 6.45) is 0.571. The SMILES string of the molecule is CCOc1c(C[C@H]2C(=O)Nc3ccc(Br)cc32)cccc1OC. The lowest BCUT2D eigenvalue weighted by molar-refractivity contribution is -0.117. The van der Waals surface area contributed by atoms with Gasteiger partial charge in [0.05, 0.1) is 19.6 Å². The fourth-order valence-electron chi connectivity index (χ4n) is 2.91. The Morgan fingerprint density at radius 3 is 2.83 bits per heavy atom. The molecule has 1 aliphatic heterocycles. The van der Waals surface area contributed by atoms with Gasteiger partial charge >= 0.3 is 0 Å². The molecule has 1 aliphatic rings. The Hall–Kier alpha value is -2.01. The first-order valence-electron chi connectivity index (χ1n) is 7.53. The molecule has 0 aromatic heterocycles. The van der Waals surface area contributed by atoms with E-state index in [-0.39, 0.29) is 11.8 Å². The van der Waals surface area contributed by atoms with Gasteiger partial charge in [0.2, 0.25) is 5.91 Å². The van der Waals surface area contributed by atoms with E-state index in [2.05, 4.69) is 21.2 Å². The smallest absolute Gasteiger partial charge is 0.232 e. The molecule has 2 aromatic carbocycles. The average molecular weight is 376 g/mol. The minimum absolute atomic E-state index is 0.0170. The predicted octanol–water partition coefficient (Wildman–Crippen LogP) is 4.13. The molecule has 0 unspecified atom stereocenters. The third-order valence-corrected chi connectivity index (χ3v) is 4.45. The number of hydrogen-bond donors (Lipinski definition) is 1. The zero-order chi connectivity index (χ0) is 16.4. The maximum Gasteiger partial charge on any atom is 0.232 e. The van der Waals surface area contributed by atoms with Crippen molar-refractivity contribution < 1.29 is 14.3 Å². The van der Waals surface area contributed by atoms with E-state index in [1.165, 1.54) is 0 Å². The molecular formula is C18H18BrNO3. The number of rotatable bonds is 5. The second kappa shape index (κ2) is 6.62. The fourth-order valence-corrected chi connectivity index (χ4v) is 3.29. The molecule has 0 aliphatic carbocycles. The van der Waals surface area contributed by atoms with Crippen molar-refractivity contribution in [2.75, 3.05) is 19.0 Å². The van der Waals surface area contributed by atoms with E-state index in [0.29, 0.717) is 24.5 Å². The highest BCUT2D eigenvalue weighted by Gasteiger charge is 2.31. The number of nitrogens with one attached hydrogen (secondary N) is 1. The Bertz CT molecular complexity index is 745. The summed E-state index contributed by atoms with van der Waals surface area (Å²) in [6.45, 7) is 2.48. The number of benzene rings is 2. The first kappa shape index (κ1) is 15.9. The van der Waals surface area contributed by atoms with Gasteiger partial charge in [0.15, 0.2) is 11.5 Å². The number of ether oxygens (including phenoxy) is 2. The number of amides is 1. The lowest BCUT2D eigenvalue weighted by atomic mass is 9.92. The number of hydrogen-bond acceptors (Lipinski definition) is 3. The molecule has 0 fully saturated rings. The quantitative estimate of drug-likeness (QED) is 0.854. The van der Waals surface area contributed by atoms with Gasteiger partial charge in [-0.15, -0.1) is 0 Å². The van der Waals surface area contributed by atoms with E-state index in [4.69, 9.17) is 9.47 Å². The Kier molecular flexibility index (Phi) is 4.57. The molecule has 1 N–H and O–H groups in total. The minimum atomic E-state index is -0.228. The number of methoxy groups -OCH3 is 1. The molecule has 0 radical (unpaired) electrons. The maximum atomic E-state index is 12.4. The van der Waals surface area contributed by atoms with Gasteiger partial charge in [0, 0.05) is 10.2 Å². The first-order chi connectivity index (χ1) is 11.1. The Morgan fingerprint density at radius 1 is 1.26 bits per heavy atom. The Balaban J connectivity index is 1.97. The van der Waals surface area contributed by atoms with Gasteiger partial charge in [0.25, 0.3) is 0 Å². The number of halogens is 1. The molecule has 1 heterocycles. The van der Waals surface area contributed by atoms with E-state index in [9.17, 15) is 4.79 Å². The van der Waals surface area contributed by atoms with Crippen LogP contribution in [0.2, 0.25) is 0 Å². The van der Waals surface area contributed by atoms with E-state index in [1.807, 2.05) is 43.3 Å². The van der Waals surface area contributed by atoms with Crippen molar-refractivity contribution in [2.45, 2.75) is 19.3 Å². The largest absolute Gasteiger partial charge is 0.493 e. The van der Waals surface area contributed by atoms with Crippen molar-refractivity contribution in [3.05, 3.63) is 52.0 Å². The summed E-state index contributed by atoms with van der Waals surface area (Å²) in [5.41, 5.74) is 2.86. The zero-order valence-electron chi connectivity index (χ0n) is 13.1. The molecule has 1 amide bonds. The molecule has 120 valence electrons. The van der Waals surface area contributed by atoms with Crippen LogP contribution in [0, 0.1) is 0 Å². The van der Waals surface area contributed by atoms with E-state index in [1.54, 1.807) is 7.11 Å². The number of carbonyl (C=O) groups is 1. The van der Waals surface area contributed by atoms with Gasteiger partial charge in [-0.3, -0.25) is 4.79 Å². The third-order valence-electron chi connectivity index (χ3n) is 3.96. The summed E-state index contributed by atoms with van der Waals surface area (Å²) in [7, 11) is 1.62. The van der Waals surface area contributed by atoms with Crippen LogP contribution in [0.25, 0.3) is 0 Å². The standard InChI is InChI=1S/C18H18BrNO3/c1-3-23-17-11(5-4-6-16(17)22-2)9-14-13-10-12(19)7-8-15(13)20-18(14)21/h4-8,10,14H,3,9H2,1-2H3,(H,20,21)/t14-/m1/s1. The number of fused-ring (bicyclic) bond motifs is 1. The van der Waals surface area contributed by atoms with Crippen molar-refractivity contribution in [1.82, 2.24) is 0 Å². The van der Waals surface area contributed by atoms with Gasteiger partial charge in [-0.05, 0) is 48.7 Å². The highest BCUT2D eigenvalue weighted by Crippen LogP contribution is 2.40. The van der Waals surface area contributed by atoms with Crippen LogP contribution < -0.4 is 14.8 Å². The summed E-state index contributed by atoms with van der Waals surface area (Å²) in [4.78, 5) is 12.4. The van der Waals surface area contributed by atoms with Crippen LogP contribution in [-0.4, -0.2) is 19.6 Å². The van der Waals surface area contributed by atoms with Crippen LogP contribution in [-0.2, 0) is 11.2 Å². The number of anilines is 1. The fraction of sp³-hybridized carbons (Fsp3) is 0.278. The second-order valence-corrected chi connectivity index (χ2v) is 6.27. The average Bonchev–Trinajstić information content (AvgIpc) is 2.84. The van der Waals surface area contributed by atoms with Gasteiger partial charge in [-0.1, -0.05) is 28.1 Å². The van der Waals surface area contributed by atoms with Gasteiger partial charge < -0.3 is 14.8 Å². The zero-order valence-corrected chi connectivity index (χ0v) is 14.6. The lowest BCUT2D eigenvalue weighted by Crippen LogP contribution is -2.15. The molecular weight excluding hydrogens is 358 g/mol.